The molecule has 0 aliphatic carbocycles. The standard InChI is InChI=1S/C16H24N2O2/c1-2-3-12-20-16(19)15-6-4-14(5-7-15)13-18-10-8-17-9-11-18/h4-7,17H,2-3,8-13H2,1H3. The highest BCUT2D eigenvalue weighted by Gasteiger charge is 2.11. The van der Waals surface area contributed by atoms with Crippen molar-refractivity contribution in [3.63, 3.8) is 0 Å². The van der Waals surface area contributed by atoms with Crippen LogP contribution in [0.5, 0.6) is 0 Å². The Morgan fingerprint density at radius 1 is 1.25 bits per heavy atom. The van der Waals surface area contributed by atoms with Crippen molar-refractivity contribution in [2.45, 2.75) is 26.3 Å². The zero-order valence-electron chi connectivity index (χ0n) is 12.2. The Morgan fingerprint density at radius 2 is 1.95 bits per heavy atom. The van der Waals surface area contributed by atoms with Crippen molar-refractivity contribution in [3.8, 4) is 0 Å². The number of piperazine rings is 1. The van der Waals surface area contributed by atoms with Crippen molar-refractivity contribution in [1.29, 1.82) is 0 Å². The summed E-state index contributed by atoms with van der Waals surface area (Å²) in [5.74, 6) is -0.216. The lowest BCUT2D eigenvalue weighted by Gasteiger charge is -2.27. The van der Waals surface area contributed by atoms with Crippen molar-refractivity contribution in [3.05, 3.63) is 35.4 Å². The van der Waals surface area contributed by atoms with Gasteiger partial charge in [-0.15, -0.1) is 0 Å². The minimum absolute atomic E-state index is 0.216. The number of esters is 1. The lowest BCUT2D eigenvalue weighted by molar-refractivity contribution is 0.0499. The third-order valence-electron chi connectivity index (χ3n) is 3.54. The quantitative estimate of drug-likeness (QED) is 0.638. The maximum absolute atomic E-state index is 11.8. The molecule has 2 rings (SSSR count). The molecular weight excluding hydrogens is 252 g/mol. The van der Waals surface area contributed by atoms with Crippen LogP contribution >= 0.6 is 0 Å². The number of nitrogens with zero attached hydrogens (tertiary/aromatic N) is 1. The van der Waals surface area contributed by atoms with Crippen LogP contribution in [0, 0.1) is 0 Å². The molecule has 0 saturated carbocycles. The first-order valence-electron chi connectivity index (χ1n) is 7.48. The van der Waals surface area contributed by atoms with Crippen LogP contribution in [0.4, 0.5) is 0 Å². The summed E-state index contributed by atoms with van der Waals surface area (Å²) in [6, 6.07) is 7.79. The van der Waals surface area contributed by atoms with Crippen LogP contribution < -0.4 is 5.32 Å². The smallest absolute Gasteiger partial charge is 0.338 e. The fourth-order valence-electron chi connectivity index (χ4n) is 2.27. The Balaban J connectivity index is 1.83. The molecule has 1 fully saturated rings. The van der Waals surface area contributed by atoms with Crippen molar-refractivity contribution in [2.75, 3.05) is 32.8 Å². The van der Waals surface area contributed by atoms with Crippen LogP contribution in [-0.4, -0.2) is 43.7 Å². The SMILES string of the molecule is CCCCOC(=O)c1ccc(CN2CCNCC2)cc1. The van der Waals surface area contributed by atoms with Crippen molar-refractivity contribution < 1.29 is 9.53 Å². The summed E-state index contributed by atoms with van der Waals surface area (Å²) in [7, 11) is 0. The van der Waals surface area contributed by atoms with E-state index >= 15 is 0 Å². The zero-order valence-corrected chi connectivity index (χ0v) is 12.2. The Hall–Kier alpha value is -1.39. The largest absolute Gasteiger partial charge is 0.462 e. The first kappa shape index (κ1) is 15.0. The van der Waals surface area contributed by atoms with E-state index in [0.717, 1.165) is 45.6 Å². The predicted octanol–water partition coefficient (Wildman–Crippen LogP) is 2.05. The third-order valence-corrected chi connectivity index (χ3v) is 3.54. The maximum Gasteiger partial charge on any atom is 0.338 e. The van der Waals surface area contributed by atoms with Gasteiger partial charge in [-0.25, -0.2) is 4.79 Å². The monoisotopic (exact) mass is 276 g/mol. The molecule has 110 valence electrons. The van der Waals surface area contributed by atoms with Crippen molar-refractivity contribution >= 4 is 5.97 Å². The van der Waals surface area contributed by atoms with Crippen LogP contribution in [0.2, 0.25) is 0 Å². The minimum atomic E-state index is -0.216. The maximum atomic E-state index is 11.8. The number of unbranched alkanes of at least 4 members (excludes halogenated alkanes) is 1. The molecule has 1 aliphatic rings. The highest BCUT2D eigenvalue weighted by molar-refractivity contribution is 5.89. The summed E-state index contributed by atoms with van der Waals surface area (Å²) in [5, 5.41) is 3.35. The van der Waals surface area contributed by atoms with Gasteiger partial charge in [0.25, 0.3) is 0 Å². The van der Waals surface area contributed by atoms with E-state index in [1.54, 1.807) is 0 Å². The molecule has 0 aromatic heterocycles. The highest BCUT2D eigenvalue weighted by atomic mass is 16.5. The molecule has 4 heteroatoms. The van der Waals surface area contributed by atoms with E-state index < -0.39 is 0 Å². The molecule has 0 amide bonds. The van der Waals surface area contributed by atoms with Crippen LogP contribution in [0.1, 0.15) is 35.7 Å². The summed E-state index contributed by atoms with van der Waals surface area (Å²) < 4.78 is 5.20. The van der Waals surface area contributed by atoms with Gasteiger partial charge in [-0.2, -0.15) is 0 Å². The molecule has 0 bridgehead atoms. The molecule has 0 radical (unpaired) electrons. The van der Waals surface area contributed by atoms with Crippen LogP contribution in [-0.2, 0) is 11.3 Å². The first-order chi connectivity index (χ1) is 9.79. The van der Waals surface area contributed by atoms with E-state index in [4.69, 9.17) is 4.74 Å². The molecule has 1 N–H and O–H groups in total. The van der Waals surface area contributed by atoms with Gasteiger partial charge in [0.1, 0.15) is 0 Å². The van der Waals surface area contributed by atoms with E-state index in [0.29, 0.717) is 12.2 Å². The molecule has 4 nitrogen and oxygen atoms in total. The number of carbonyl (C=O) groups excluding carboxylic acids is 1. The average Bonchev–Trinajstić information content (AvgIpc) is 2.49. The van der Waals surface area contributed by atoms with E-state index in [1.165, 1.54) is 5.56 Å². The Kier molecular flexibility index (Phi) is 6.02. The molecule has 0 spiro atoms. The topological polar surface area (TPSA) is 41.6 Å². The highest BCUT2D eigenvalue weighted by Crippen LogP contribution is 2.09. The number of hydrogen-bond acceptors (Lipinski definition) is 4. The normalized spacial score (nSPS) is 16.1. The average molecular weight is 276 g/mol. The van der Waals surface area contributed by atoms with Gasteiger partial charge in [-0.3, -0.25) is 4.90 Å². The van der Waals surface area contributed by atoms with Gasteiger partial charge in [0.15, 0.2) is 0 Å². The fourth-order valence-corrected chi connectivity index (χ4v) is 2.27. The Labute approximate surface area is 121 Å². The first-order valence-corrected chi connectivity index (χ1v) is 7.48. The van der Waals surface area contributed by atoms with Gasteiger partial charge in [-0.1, -0.05) is 25.5 Å². The third kappa shape index (κ3) is 4.62. The second kappa shape index (κ2) is 8.02. The summed E-state index contributed by atoms with van der Waals surface area (Å²) in [6.07, 6.45) is 1.96. The second-order valence-electron chi connectivity index (χ2n) is 5.21. The van der Waals surface area contributed by atoms with Crippen molar-refractivity contribution in [2.24, 2.45) is 0 Å². The van der Waals surface area contributed by atoms with Gasteiger partial charge < -0.3 is 10.1 Å². The van der Waals surface area contributed by atoms with Crippen LogP contribution in [0.25, 0.3) is 0 Å². The number of carbonyl (C=O) groups is 1. The van der Waals surface area contributed by atoms with Crippen molar-refractivity contribution in [1.82, 2.24) is 10.2 Å². The predicted molar refractivity (Wildman–Crippen MR) is 79.8 cm³/mol. The zero-order chi connectivity index (χ0) is 14.2. The molecule has 1 aliphatic heterocycles. The Morgan fingerprint density at radius 3 is 2.60 bits per heavy atom. The van der Waals surface area contributed by atoms with E-state index in [1.807, 2.05) is 24.3 Å². The number of nitrogens with one attached hydrogen (secondary N) is 1. The second-order valence-corrected chi connectivity index (χ2v) is 5.21. The molecule has 1 heterocycles. The van der Waals surface area contributed by atoms with Gasteiger partial charge in [0.2, 0.25) is 0 Å². The summed E-state index contributed by atoms with van der Waals surface area (Å²) in [4.78, 5) is 14.2. The van der Waals surface area contributed by atoms with Crippen LogP contribution in [0.15, 0.2) is 24.3 Å². The van der Waals surface area contributed by atoms with Gasteiger partial charge in [0, 0.05) is 32.7 Å². The minimum Gasteiger partial charge on any atom is -0.462 e. The van der Waals surface area contributed by atoms with E-state index in [-0.39, 0.29) is 5.97 Å². The number of rotatable bonds is 6. The fraction of sp³-hybridized carbons (Fsp3) is 0.562. The van der Waals surface area contributed by atoms with Gasteiger partial charge >= 0.3 is 5.97 Å². The molecule has 20 heavy (non-hydrogen) atoms. The summed E-state index contributed by atoms with van der Waals surface area (Å²) in [5.41, 5.74) is 1.89. The lowest BCUT2D eigenvalue weighted by Crippen LogP contribution is -2.42. The molecular formula is C16H24N2O2. The molecule has 0 unspecified atom stereocenters. The van der Waals surface area contributed by atoms with Gasteiger partial charge in [-0.05, 0) is 24.1 Å². The Bertz CT molecular complexity index is 411. The molecule has 1 aromatic rings. The summed E-state index contributed by atoms with van der Waals surface area (Å²) in [6.45, 7) is 7.83. The van der Waals surface area contributed by atoms with E-state index in [9.17, 15) is 4.79 Å². The molecule has 1 aromatic carbocycles. The number of hydrogen-bond donors (Lipinski definition) is 1. The number of benzene rings is 1. The number of ether oxygens (including phenoxy) is 1. The van der Waals surface area contributed by atoms with Crippen LogP contribution in [0.3, 0.4) is 0 Å². The molecule has 0 atom stereocenters. The molecule has 1 saturated heterocycles. The van der Waals surface area contributed by atoms with Gasteiger partial charge in [0.05, 0.1) is 12.2 Å². The van der Waals surface area contributed by atoms with E-state index in [2.05, 4.69) is 17.1 Å². The summed E-state index contributed by atoms with van der Waals surface area (Å²) >= 11 is 0. The lowest BCUT2D eigenvalue weighted by atomic mass is 10.1.